The van der Waals surface area contributed by atoms with E-state index in [9.17, 15) is 0 Å². The largest absolute Gasteiger partial charge is 0.241 e. The molecule has 0 saturated heterocycles. The summed E-state index contributed by atoms with van der Waals surface area (Å²) in [6.45, 7) is 4.47. The predicted octanol–water partition coefficient (Wildman–Crippen LogP) is 2.57. The molecule has 0 aliphatic heterocycles. The molecule has 1 aliphatic rings. The highest BCUT2D eigenvalue weighted by molar-refractivity contribution is 5.58. The second-order valence-corrected chi connectivity index (χ2v) is 3.62. The quantitative estimate of drug-likeness (QED) is 0.639. The summed E-state index contributed by atoms with van der Waals surface area (Å²) in [5.41, 5.74) is 1.18. The Kier molecular flexibility index (Phi) is 2.05. The monoisotopic (exact) mass is 174 g/mol. The lowest BCUT2D eigenvalue weighted by Gasteiger charge is -2.18. The summed E-state index contributed by atoms with van der Waals surface area (Å²) in [5.74, 6) is 1.24. The zero-order chi connectivity index (χ0) is 9.26. The van der Waals surface area contributed by atoms with E-state index in [0.717, 1.165) is 0 Å². The fourth-order valence-corrected chi connectivity index (χ4v) is 1.48. The van der Waals surface area contributed by atoms with Crippen molar-refractivity contribution in [3.8, 4) is 0 Å². The Hall–Kier alpha value is -1.31. The van der Waals surface area contributed by atoms with Gasteiger partial charge >= 0.3 is 0 Å². The van der Waals surface area contributed by atoms with Gasteiger partial charge in [0.2, 0.25) is 0 Å². The van der Waals surface area contributed by atoms with Gasteiger partial charge in [-0.25, -0.2) is 4.68 Å². The molecule has 0 spiro atoms. The molecule has 2 rings (SSSR count). The van der Waals surface area contributed by atoms with Crippen molar-refractivity contribution in [2.75, 3.05) is 0 Å². The first kappa shape index (κ1) is 8.30. The average molecular weight is 174 g/mol. The molecule has 2 heteroatoms. The summed E-state index contributed by atoms with van der Waals surface area (Å²) in [6, 6.07) is 1.94. The first-order valence-corrected chi connectivity index (χ1v) is 4.67. The second-order valence-electron chi connectivity index (χ2n) is 3.62. The minimum absolute atomic E-state index is 0.601. The van der Waals surface area contributed by atoms with Crippen molar-refractivity contribution in [1.29, 1.82) is 0 Å². The van der Waals surface area contributed by atoms with Gasteiger partial charge in [-0.15, -0.1) is 0 Å². The Labute approximate surface area is 78.6 Å². The number of nitrogens with zero attached hydrogens (tertiary/aromatic N) is 2. The van der Waals surface area contributed by atoms with Crippen molar-refractivity contribution in [3.05, 3.63) is 36.7 Å². The Morgan fingerprint density at radius 2 is 2.15 bits per heavy atom. The van der Waals surface area contributed by atoms with Gasteiger partial charge in [-0.2, -0.15) is 5.10 Å². The molecule has 13 heavy (non-hydrogen) atoms. The third-order valence-electron chi connectivity index (χ3n) is 2.60. The van der Waals surface area contributed by atoms with E-state index in [2.05, 4.69) is 37.2 Å². The highest BCUT2D eigenvalue weighted by Gasteiger charge is 2.12. The maximum absolute atomic E-state index is 4.20. The molecule has 0 N–H and O–H groups in total. The molecule has 2 unspecified atom stereocenters. The van der Waals surface area contributed by atoms with Gasteiger partial charge in [-0.05, 0) is 24.0 Å². The first-order valence-electron chi connectivity index (χ1n) is 4.67. The summed E-state index contributed by atoms with van der Waals surface area (Å²) < 4.78 is 1.90. The van der Waals surface area contributed by atoms with Gasteiger partial charge in [0.25, 0.3) is 0 Å². The Morgan fingerprint density at radius 1 is 1.31 bits per heavy atom. The standard InChI is InChI=1S/C11H14N2/c1-9-4-5-11(8-10(9)2)13-7-3-6-12-13/h3-10H,1-2H3. The highest BCUT2D eigenvalue weighted by Crippen LogP contribution is 2.23. The number of rotatable bonds is 1. The molecule has 1 aliphatic carbocycles. The number of hydrogen-bond donors (Lipinski definition) is 0. The van der Waals surface area contributed by atoms with Crippen LogP contribution in [0.3, 0.4) is 0 Å². The molecule has 1 aromatic heterocycles. The van der Waals surface area contributed by atoms with Gasteiger partial charge in [0.05, 0.1) is 5.70 Å². The van der Waals surface area contributed by atoms with Crippen molar-refractivity contribution in [2.45, 2.75) is 13.8 Å². The van der Waals surface area contributed by atoms with E-state index in [1.54, 1.807) is 6.20 Å². The van der Waals surface area contributed by atoms with E-state index in [0.29, 0.717) is 11.8 Å². The molecule has 0 saturated carbocycles. The van der Waals surface area contributed by atoms with Gasteiger partial charge in [0.1, 0.15) is 0 Å². The molecule has 0 amide bonds. The predicted molar refractivity (Wildman–Crippen MR) is 54.0 cm³/mol. The van der Waals surface area contributed by atoms with Gasteiger partial charge in [0, 0.05) is 12.4 Å². The van der Waals surface area contributed by atoms with Crippen molar-refractivity contribution < 1.29 is 0 Å². The SMILES string of the molecule is CC1C=CC(n2cccn2)=CC1C. The van der Waals surface area contributed by atoms with E-state index in [1.807, 2.05) is 16.9 Å². The summed E-state index contributed by atoms with van der Waals surface area (Å²) >= 11 is 0. The van der Waals surface area contributed by atoms with Crippen LogP contribution in [0.25, 0.3) is 5.70 Å². The highest BCUT2D eigenvalue weighted by atomic mass is 15.3. The fourth-order valence-electron chi connectivity index (χ4n) is 1.48. The lowest BCUT2D eigenvalue weighted by molar-refractivity contribution is 0.550. The van der Waals surface area contributed by atoms with Crippen LogP contribution >= 0.6 is 0 Å². The number of allylic oxidation sites excluding steroid dienone is 4. The topological polar surface area (TPSA) is 17.8 Å². The van der Waals surface area contributed by atoms with Crippen LogP contribution in [-0.2, 0) is 0 Å². The average Bonchev–Trinajstić information content (AvgIpc) is 2.62. The lowest BCUT2D eigenvalue weighted by Crippen LogP contribution is -2.09. The molecule has 1 heterocycles. The van der Waals surface area contributed by atoms with E-state index >= 15 is 0 Å². The lowest BCUT2D eigenvalue weighted by atomic mass is 9.91. The molecule has 2 nitrogen and oxygen atoms in total. The summed E-state index contributed by atoms with van der Waals surface area (Å²) in [5, 5.41) is 4.20. The van der Waals surface area contributed by atoms with E-state index in [-0.39, 0.29) is 0 Å². The van der Waals surface area contributed by atoms with Gasteiger partial charge in [-0.1, -0.05) is 26.0 Å². The van der Waals surface area contributed by atoms with Crippen molar-refractivity contribution >= 4 is 5.70 Å². The minimum atomic E-state index is 0.601. The Bertz CT molecular complexity index is 333. The van der Waals surface area contributed by atoms with E-state index in [1.165, 1.54) is 5.70 Å². The molecule has 0 fully saturated rings. The van der Waals surface area contributed by atoms with Crippen LogP contribution in [0.5, 0.6) is 0 Å². The smallest absolute Gasteiger partial charge is 0.0605 e. The van der Waals surface area contributed by atoms with E-state index < -0.39 is 0 Å². The summed E-state index contributed by atoms with van der Waals surface area (Å²) in [6.07, 6.45) is 10.4. The van der Waals surface area contributed by atoms with Crippen molar-refractivity contribution in [1.82, 2.24) is 9.78 Å². The van der Waals surface area contributed by atoms with Gasteiger partial charge < -0.3 is 0 Å². The molecule has 1 aromatic rings. The van der Waals surface area contributed by atoms with Crippen LogP contribution in [0.4, 0.5) is 0 Å². The van der Waals surface area contributed by atoms with Crippen LogP contribution < -0.4 is 0 Å². The maximum Gasteiger partial charge on any atom is 0.0605 e. The molecule has 0 radical (unpaired) electrons. The fraction of sp³-hybridized carbons (Fsp3) is 0.364. The Morgan fingerprint density at radius 3 is 2.77 bits per heavy atom. The van der Waals surface area contributed by atoms with Crippen LogP contribution in [-0.4, -0.2) is 9.78 Å². The molecule has 0 aromatic carbocycles. The van der Waals surface area contributed by atoms with E-state index in [4.69, 9.17) is 0 Å². The zero-order valence-corrected chi connectivity index (χ0v) is 8.01. The third kappa shape index (κ3) is 1.57. The minimum Gasteiger partial charge on any atom is -0.241 e. The maximum atomic E-state index is 4.20. The second kappa shape index (κ2) is 3.21. The number of aromatic nitrogens is 2. The first-order chi connectivity index (χ1) is 6.27. The van der Waals surface area contributed by atoms with Crippen LogP contribution in [0.1, 0.15) is 13.8 Å². The molecule has 2 atom stereocenters. The number of hydrogen-bond acceptors (Lipinski definition) is 1. The normalized spacial score (nSPS) is 27.4. The van der Waals surface area contributed by atoms with Crippen molar-refractivity contribution in [3.63, 3.8) is 0 Å². The molecule has 68 valence electrons. The molecule has 0 bridgehead atoms. The summed E-state index contributed by atoms with van der Waals surface area (Å²) in [7, 11) is 0. The molecular formula is C11H14N2. The summed E-state index contributed by atoms with van der Waals surface area (Å²) in [4.78, 5) is 0. The zero-order valence-electron chi connectivity index (χ0n) is 8.01. The van der Waals surface area contributed by atoms with Gasteiger partial charge in [0.15, 0.2) is 0 Å². The third-order valence-corrected chi connectivity index (χ3v) is 2.60. The van der Waals surface area contributed by atoms with Crippen molar-refractivity contribution in [2.24, 2.45) is 11.8 Å². The van der Waals surface area contributed by atoms with Crippen LogP contribution in [0.15, 0.2) is 36.7 Å². The molecular weight excluding hydrogens is 160 g/mol. The van der Waals surface area contributed by atoms with Crippen LogP contribution in [0.2, 0.25) is 0 Å². The van der Waals surface area contributed by atoms with Crippen LogP contribution in [0, 0.1) is 11.8 Å². The Balaban J connectivity index is 2.28. The van der Waals surface area contributed by atoms with Gasteiger partial charge in [-0.3, -0.25) is 0 Å².